The lowest BCUT2D eigenvalue weighted by atomic mass is 9.98. The van der Waals surface area contributed by atoms with Crippen molar-refractivity contribution < 1.29 is 37.3 Å². The summed E-state index contributed by atoms with van der Waals surface area (Å²) in [4.78, 5) is 47.5. The molecule has 8 N–H and O–H groups in total. The fourth-order valence-electron chi connectivity index (χ4n) is 3.82. The summed E-state index contributed by atoms with van der Waals surface area (Å²) in [6.45, 7) is 1.38. The second-order valence-electron chi connectivity index (χ2n) is 9.10. The molecule has 0 aromatic carbocycles. The van der Waals surface area contributed by atoms with Crippen LogP contribution in [0.3, 0.4) is 0 Å². The molecule has 3 heterocycles. The number of hydrogen-bond donors (Lipinski definition) is 6. The molecular weight excluding hydrogens is 572 g/mol. The molecular formula is C20H28N10O8S2. The van der Waals surface area contributed by atoms with E-state index in [2.05, 4.69) is 31.0 Å². The Kier molecular flexibility index (Phi) is 8.63. The number of carboxylic acids is 1. The van der Waals surface area contributed by atoms with Crippen molar-refractivity contribution in [3.05, 3.63) is 23.0 Å². The SMILES string of the molecule is NCCCCNCc1cnn(C[C@@H]2[C@H](NC(=O)/C(=N\OC3(C(=O)O)CC3)c3csc(N)n3)C(=O)N2S(=O)(=O)O)n1. The maximum Gasteiger partial charge on any atom is 0.362 e. The average molecular weight is 601 g/mol. The van der Waals surface area contributed by atoms with Gasteiger partial charge < -0.3 is 32.0 Å². The van der Waals surface area contributed by atoms with Crippen molar-refractivity contribution in [3.8, 4) is 0 Å². The number of nitrogen functional groups attached to an aromatic ring is 1. The van der Waals surface area contributed by atoms with Gasteiger partial charge in [-0.25, -0.2) is 14.1 Å². The average Bonchev–Trinajstić information content (AvgIpc) is 3.36. The third-order valence-electron chi connectivity index (χ3n) is 6.14. The van der Waals surface area contributed by atoms with E-state index in [1.807, 2.05) is 0 Å². The number of hydrogen-bond acceptors (Lipinski definition) is 14. The molecule has 1 saturated carbocycles. The number of nitrogens with zero attached hydrogens (tertiary/aromatic N) is 6. The molecule has 2 aromatic heterocycles. The Morgan fingerprint density at radius 3 is 2.67 bits per heavy atom. The largest absolute Gasteiger partial charge is 0.478 e. The monoisotopic (exact) mass is 600 g/mol. The molecule has 4 rings (SSSR count). The smallest absolute Gasteiger partial charge is 0.362 e. The van der Waals surface area contributed by atoms with Gasteiger partial charge in [0.15, 0.2) is 10.8 Å². The number of aliphatic carboxylic acids is 1. The zero-order valence-corrected chi connectivity index (χ0v) is 22.6. The van der Waals surface area contributed by atoms with Gasteiger partial charge in [0.1, 0.15) is 17.8 Å². The van der Waals surface area contributed by atoms with E-state index in [0.29, 0.717) is 25.3 Å². The van der Waals surface area contributed by atoms with Crippen LogP contribution >= 0.6 is 11.3 Å². The number of thiazole rings is 1. The third-order valence-corrected chi connectivity index (χ3v) is 7.76. The van der Waals surface area contributed by atoms with Gasteiger partial charge in [0.05, 0.1) is 18.4 Å². The summed E-state index contributed by atoms with van der Waals surface area (Å²) in [7, 11) is -4.98. The van der Waals surface area contributed by atoms with E-state index in [1.165, 1.54) is 11.6 Å². The van der Waals surface area contributed by atoms with Gasteiger partial charge in [-0.1, -0.05) is 5.16 Å². The summed E-state index contributed by atoms with van der Waals surface area (Å²) in [5.41, 5.74) is 9.56. The number of anilines is 1. The topological polar surface area (TPSA) is 270 Å². The molecule has 20 heteroatoms. The highest BCUT2D eigenvalue weighted by Gasteiger charge is 2.56. The van der Waals surface area contributed by atoms with Gasteiger partial charge in [-0.05, 0) is 25.9 Å². The van der Waals surface area contributed by atoms with Crippen LogP contribution in [0.2, 0.25) is 0 Å². The van der Waals surface area contributed by atoms with Crippen LogP contribution in [0.4, 0.5) is 5.13 Å². The normalized spacial score (nSPS) is 20.2. The fourth-order valence-corrected chi connectivity index (χ4v) is 5.24. The van der Waals surface area contributed by atoms with Gasteiger partial charge in [0, 0.05) is 24.8 Å². The molecule has 218 valence electrons. The van der Waals surface area contributed by atoms with Crippen LogP contribution in [0.1, 0.15) is 37.1 Å². The van der Waals surface area contributed by atoms with Crippen molar-refractivity contribution in [3.63, 3.8) is 0 Å². The second kappa shape index (κ2) is 11.8. The highest BCUT2D eigenvalue weighted by atomic mass is 32.2. The van der Waals surface area contributed by atoms with Gasteiger partial charge in [-0.3, -0.25) is 14.1 Å². The van der Waals surface area contributed by atoms with Crippen LogP contribution in [0.5, 0.6) is 0 Å². The zero-order valence-electron chi connectivity index (χ0n) is 21.0. The third kappa shape index (κ3) is 6.53. The molecule has 0 spiro atoms. The van der Waals surface area contributed by atoms with Crippen LogP contribution in [0.25, 0.3) is 0 Å². The number of carbonyl (C=O) groups is 3. The van der Waals surface area contributed by atoms with Crippen molar-refractivity contribution >= 4 is 50.3 Å². The molecule has 1 aliphatic heterocycles. The number of oxime groups is 1. The van der Waals surface area contributed by atoms with Gasteiger partial charge in [0.2, 0.25) is 5.60 Å². The van der Waals surface area contributed by atoms with Crippen molar-refractivity contribution in [2.24, 2.45) is 10.9 Å². The maximum atomic E-state index is 13.2. The Hall–Kier alpha value is -3.72. The second-order valence-corrected chi connectivity index (χ2v) is 11.3. The van der Waals surface area contributed by atoms with E-state index in [-0.39, 0.29) is 34.5 Å². The van der Waals surface area contributed by atoms with E-state index >= 15 is 0 Å². The van der Waals surface area contributed by atoms with Gasteiger partial charge in [0.25, 0.3) is 11.8 Å². The fraction of sp³-hybridized carbons (Fsp3) is 0.550. The Balaban J connectivity index is 1.49. The van der Waals surface area contributed by atoms with E-state index in [1.54, 1.807) is 0 Å². The van der Waals surface area contributed by atoms with Crippen molar-refractivity contribution in [1.29, 1.82) is 0 Å². The number of carboxylic acid groups (broad SMARTS) is 1. The number of unbranched alkanes of at least 4 members (excludes halogenated alkanes) is 1. The summed E-state index contributed by atoms with van der Waals surface area (Å²) < 4.78 is 33.6. The predicted molar refractivity (Wildman–Crippen MR) is 138 cm³/mol. The lowest BCUT2D eigenvalue weighted by Crippen LogP contribution is -2.73. The van der Waals surface area contributed by atoms with Crippen molar-refractivity contribution in [1.82, 2.24) is 34.9 Å². The lowest BCUT2D eigenvalue weighted by Gasteiger charge is -2.43. The summed E-state index contributed by atoms with van der Waals surface area (Å²) in [5.74, 6) is -3.39. The molecule has 2 amide bonds. The van der Waals surface area contributed by atoms with Crippen LogP contribution in [0, 0.1) is 0 Å². The standard InChI is InChI=1S/C20H28N10O8S2/c21-5-1-2-6-23-7-11-8-24-29(27-11)9-13-15(17(32)30(13)40(35,36)37)26-16(31)14(12-10-39-19(22)25-12)28-38-20(3-4-20)18(33)34/h8,10,13,15,23H,1-7,9,21H2,(H2,22,25)(H,26,31)(H,33,34)(H,35,36,37)/b28-14-/t13-,15+/m1/s1. The Morgan fingerprint density at radius 2 is 2.08 bits per heavy atom. The first-order valence-corrected chi connectivity index (χ1v) is 14.3. The number of aromatic nitrogens is 4. The number of nitrogens with two attached hydrogens (primary N) is 2. The first-order chi connectivity index (χ1) is 18.9. The molecule has 0 radical (unpaired) electrons. The number of β-lactam (4-membered cyclic amide) rings is 1. The number of nitrogens with one attached hydrogen (secondary N) is 2. The highest BCUT2D eigenvalue weighted by Crippen LogP contribution is 2.40. The van der Waals surface area contributed by atoms with Gasteiger partial charge in [-0.2, -0.15) is 23.4 Å². The Bertz CT molecular complexity index is 1400. The summed E-state index contributed by atoms with van der Waals surface area (Å²) in [6.07, 6.45) is 3.54. The summed E-state index contributed by atoms with van der Waals surface area (Å²) in [6, 6.07) is -2.73. The number of amides is 2. The van der Waals surface area contributed by atoms with E-state index in [9.17, 15) is 32.5 Å². The van der Waals surface area contributed by atoms with Crippen molar-refractivity contribution in [2.45, 2.75) is 56.5 Å². The molecule has 2 fully saturated rings. The maximum absolute atomic E-state index is 13.2. The minimum absolute atomic E-state index is 0.0477. The molecule has 18 nitrogen and oxygen atoms in total. The highest BCUT2D eigenvalue weighted by molar-refractivity contribution is 7.84. The van der Waals surface area contributed by atoms with E-state index in [0.717, 1.165) is 29.0 Å². The van der Waals surface area contributed by atoms with Gasteiger partial charge >= 0.3 is 16.3 Å². The van der Waals surface area contributed by atoms with E-state index in [4.69, 9.17) is 16.3 Å². The van der Waals surface area contributed by atoms with Crippen LogP contribution in [0.15, 0.2) is 16.7 Å². The summed E-state index contributed by atoms with van der Waals surface area (Å²) >= 11 is 0.978. The number of carbonyl (C=O) groups excluding carboxylic acids is 2. The molecule has 1 saturated heterocycles. The van der Waals surface area contributed by atoms with Crippen LogP contribution < -0.4 is 22.1 Å². The van der Waals surface area contributed by atoms with E-state index < -0.39 is 51.5 Å². The lowest BCUT2D eigenvalue weighted by molar-refractivity contribution is -0.153. The molecule has 2 aromatic rings. The molecule has 0 unspecified atom stereocenters. The molecule has 40 heavy (non-hydrogen) atoms. The van der Waals surface area contributed by atoms with Gasteiger partial charge in [-0.15, -0.1) is 11.3 Å². The minimum atomic E-state index is -4.98. The summed E-state index contributed by atoms with van der Waals surface area (Å²) in [5, 5.41) is 28.3. The first kappa shape index (κ1) is 29.3. The first-order valence-electron chi connectivity index (χ1n) is 12.1. The quantitative estimate of drug-likeness (QED) is 0.0412. The molecule has 2 atom stereocenters. The minimum Gasteiger partial charge on any atom is -0.478 e. The van der Waals surface area contributed by atoms with Crippen LogP contribution in [-0.4, -0.2) is 96.6 Å². The van der Waals surface area contributed by atoms with Crippen molar-refractivity contribution in [2.75, 3.05) is 18.8 Å². The molecule has 1 aliphatic carbocycles. The predicted octanol–water partition coefficient (Wildman–Crippen LogP) is -2.32. The zero-order chi connectivity index (χ0) is 29.1. The Morgan fingerprint density at radius 1 is 1.32 bits per heavy atom. The number of rotatable bonds is 15. The molecule has 0 bridgehead atoms. The Labute approximate surface area is 231 Å². The molecule has 2 aliphatic rings. The van der Waals surface area contributed by atoms with Crippen LogP contribution in [-0.2, 0) is 42.6 Å².